The van der Waals surface area contributed by atoms with E-state index in [-0.39, 0.29) is 0 Å². The van der Waals surface area contributed by atoms with Crippen LogP contribution in [-0.4, -0.2) is 24.6 Å². The van der Waals surface area contributed by atoms with Crippen LogP contribution in [-0.2, 0) is 14.3 Å². The van der Waals surface area contributed by atoms with Crippen LogP contribution < -0.4 is 10.1 Å². The molecule has 0 aliphatic carbocycles. The van der Waals surface area contributed by atoms with E-state index in [1.165, 1.54) is 31.2 Å². The molecule has 1 amide bonds. The predicted molar refractivity (Wildman–Crippen MR) is 95.0 cm³/mol. The Balaban J connectivity index is 1.80. The fourth-order valence-corrected chi connectivity index (χ4v) is 2.19. The van der Waals surface area contributed by atoms with E-state index >= 15 is 0 Å². The molecule has 2 aromatic rings. The third-order valence-corrected chi connectivity index (χ3v) is 4.14. The Labute approximate surface area is 153 Å². The number of anilines is 1. The minimum Gasteiger partial charge on any atom is -0.479 e. The van der Waals surface area contributed by atoms with Gasteiger partial charge in [0.2, 0.25) is 0 Å². The smallest absolute Gasteiger partial charge is 0.347 e. The summed E-state index contributed by atoms with van der Waals surface area (Å²) >= 11 is 3.38. The standard InChI is InChI=1S/C18H17BrFNO4/c1-11-9-14(5-8-16(11)19)21-17(22)10-24-18(23)12(2)25-15-6-3-13(20)4-7-15/h3-9,12H,10H2,1-2H3,(H,21,22)/t12-/m0/s1. The number of rotatable bonds is 6. The Bertz CT molecular complexity index is 764. The highest BCUT2D eigenvalue weighted by Gasteiger charge is 2.18. The van der Waals surface area contributed by atoms with Gasteiger partial charge in [-0.15, -0.1) is 0 Å². The summed E-state index contributed by atoms with van der Waals surface area (Å²) in [7, 11) is 0. The fraction of sp³-hybridized carbons (Fsp3) is 0.222. The van der Waals surface area contributed by atoms with E-state index < -0.39 is 30.4 Å². The van der Waals surface area contributed by atoms with Crippen molar-refractivity contribution in [1.82, 2.24) is 0 Å². The number of hydrogen-bond acceptors (Lipinski definition) is 4. The first-order chi connectivity index (χ1) is 11.8. The molecule has 0 heterocycles. The Hall–Kier alpha value is -2.41. The van der Waals surface area contributed by atoms with Crippen molar-refractivity contribution < 1.29 is 23.5 Å². The van der Waals surface area contributed by atoms with Crippen molar-refractivity contribution in [3.8, 4) is 5.75 Å². The maximum Gasteiger partial charge on any atom is 0.347 e. The Morgan fingerprint density at radius 3 is 2.52 bits per heavy atom. The molecule has 2 aromatic carbocycles. The highest BCUT2D eigenvalue weighted by atomic mass is 79.9. The van der Waals surface area contributed by atoms with Gasteiger partial charge in [-0.2, -0.15) is 0 Å². The molecule has 0 bridgehead atoms. The first kappa shape index (κ1) is 18.9. The zero-order valence-corrected chi connectivity index (χ0v) is 15.3. The van der Waals surface area contributed by atoms with Gasteiger partial charge >= 0.3 is 5.97 Å². The Morgan fingerprint density at radius 2 is 1.88 bits per heavy atom. The zero-order chi connectivity index (χ0) is 18.4. The van der Waals surface area contributed by atoms with Gasteiger partial charge in [-0.05, 0) is 61.9 Å². The number of aryl methyl sites for hydroxylation is 1. The van der Waals surface area contributed by atoms with Gasteiger partial charge in [-0.25, -0.2) is 9.18 Å². The molecule has 0 unspecified atom stereocenters. The summed E-state index contributed by atoms with van der Waals surface area (Å²) in [5.74, 6) is -1.21. The molecule has 0 saturated heterocycles. The number of carbonyl (C=O) groups excluding carboxylic acids is 2. The SMILES string of the molecule is Cc1cc(NC(=O)COC(=O)[C@H](C)Oc2ccc(F)cc2)ccc1Br. The Morgan fingerprint density at radius 1 is 1.20 bits per heavy atom. The van der Waals surface area contributed by atoms with Gasteiger partial charge < -0.3 is 14.8 Å². The minimum atomic E-state index is -0.923. The second-order valence-corrected chi connectivity index (χ2v) is 6.19. The molecule has 5 nitrogen and oxygen atoms in total. The maximum atomic E-state index is 12.8. The molecule has 0 aliphatic heterocycles. The molecule has 7 heteroatoms. The van der Waals surface area contributed by atoms with E-state index in [4.69, 9.17) is 9.47 Å². The van der Waals surface area contributed by atoms with Crippen molar-refractivity contribution in [3.63, 3.8) is 0 Å². The van der Waals surface area contributed by atoms with Crippen molar-refractivity contribution in [3.05, 3.63) is 58.3 Å². The molecule has 2 rings (SSSR count). The topological polar surface area (TPSA) is 64.6 Å². The molecular weight excluding hydrogens is 393 g/mol. The van der Waals surface area contributed by atoms with Crippen molar-refractivity contribution in [1.29, 1.82) is 0 Å². The van der Waals surface area contributed by atoms with Gasteiger partial charge in [0.25, 0.3) is 5.91 Å². The number of nitrogens with one attached hydrogen (secondary N) is 1. The van der Waals surface area contributed by atoms with Crippen molar-refractivity contribution in [2.75, 3.05) is 11.9 Å². The van der Waals surface area contributed by atoms with E-state index in [1.807, 2.05) is 13.0 Å². The highest BCUT2D eigenvalue weighted by Crippen LogP contribution is 2.20. The van der Waals surface area contributed by atoms with E-state index in [0.29, 0.717) is 11.4 Å². The second-order valence-electron chi connectivity index (χ2n) is 5.33. The van der Waals surface area contributed by atoms with Gasteiger partial charge in [0.05, 0.1) is 0 Å². The van der Waals surface area contributed by atoms with Gasteiger partial charge in [-0.3, -0.25) is 4.79 Å². The molecule has 132 valence electrons. The summed E-state index contributed by atoms with van der Waals surface area (Å²) in [6.45, 7) is 2.96. The number of amides is 1. The van der Waals surface area contributed by atoms with Crippen LogP contribution in [0.1, 0.15) is 12.5 Å². The zero-order valence-electron chi connectivity index (χ0n) is 13.7. The molecular formula is C18H17BrFNO4. The first-order valence-electron chi connectivity index (χ1n) is 7.50. The van der Waals surface area contributed by atoms with Crippen molar-refractivity contribution in [2.45, 2.75) is 20.0 Å². The average Bonchev–Trinajstić information content (AvgIpc) is 2.58. The molecule has 0 spiro atoms. The fourth-order valence-electron chi connectivity index (χ4n) is 1.94. The van der Waals surface area contributed by atoms with Crippen LogP contribution >= 0.6 is 15.9 Å². The molecule has 0 aliphatic rings. The summed E-state index contributed by atoms with van der Waals surface area (Å²) in [6, 6.07) is 10.6. The lowest BCUT2D eigenvalue weighted by Crippen LogP contribution is -2.29. The summed E-state index contributed by atoms with van der Waals surface area (Å²) < 4.78 is 24.0. The number of esters is 1. The molecule has 0 saturated carbocycles. The van der Waals surface area contributed by atoms with Crippen LogP contribution in [0, 0.1) is 12.7 Å². The maximum absolute atomic E-state index is 12.8. The number of halogens is 2. The summed E-state index contributed by atoms with van der Waals surface area (Å²) in [5.41, 5.74) is 1.58. The lowest BCUT2D eigenvalue weighted by atomic mass is 10.2. The quantitative estimate of drug-likeness (QED) is 0.735. The predicted octanol–water partition coefficient (Wildman–Crippen LogP) is 3.85. The number of ether oxygens (including phenoxy) is 2. The number of carbonyl (C=O) groups is 2. The van der Waals surface area contributed by atoms with Gasteiger partial charge in [0.15, 0.2) is 12.7 Å². The van der Waals surface area contributed by atoms with Crippen LogP contribution in [0.15, 0.2) is 46.9 Å². The van der Waals surface area contributed by atoms with Crippen LogP contribution in [0.4, 0.5) is 10.1 Å². The monoisotopic (exact) mass is 409 g/mol. The van der Waals surface area contributed by atoms with E-state index in [2.05, 4.69) is 21.2 Å². The average molecular weight is 410 g/mol. The second kappa shape index (κ2) is 8.62. The highest BCUT2D eigenvalue weighted by molar-refractivity contribution is 9.10. The summed E-state index contributed by atoms with van der Waals surface area (Å²) in [4.78, 5) is 23.7. The molecule has 0 radical (unpaired) electrons. The number of benzene rings is 2. The van der Waals surface area contributed by atoms with Gasteiger partial charge in [-0.1, -0.05) is 15.9 Å². The van der Waals surface area contributed by atoms with E-state index in [0.717, 1.165) is 10.0 Å². The van der Waals surface area contributed by atoms with E-state index in [9.17, 15) is 14.0 Å². The summed E-state index contributed by atoms with van der Waals surface area (Å²) in [5, 5.41) is 2.64. The van der Waals surface area contributed by atoms with Crippen molar-refractivity contribution >= 4 is 33.5 Å². The molecule has 0 aromatic heterocycles. The lowest BCUT2D eigenvalue weighted by molar-refractivity contribution is -0.153. The van der Waals surface area contributed by atoms with E-state index in [1.54, 1.807) is 12.1 Å². The first-order valence-corrected chi connectivity index (χ1v) is 8.29. The summed E-state index contributed by atoms with van der Waals surface area (Å²) in [6.07, 6.45) is -0.923. The van der Waals surface area contributed by atoms with Gasteiger partial charge in [0, 0.05) is 10.2 Å². The lowest BCUT2D eigenvalue weighted by Gasteiger charge is -2.14. The third kappa shape index (κ3) is 5.86. The van der Waals surface area contributed by atoms with Gasteiger partial charge in [0.1, 0.15) is 11.6 Å². The van der Waals surface area contributed by atoms with Crippen molar-refractivity contribution in [2.24, 2.45) is 0 Å². The largest absolute Gasteiger partial charge is 0.479 e. The minimum absolute atomic E-state index is 0.334. The Kier molecular flexibility index (Phi) is 6.52. The van der Waals surface area contributed by atoms with Crippen LogP contribution in [0.5, 0.6) is 5.75 Å². The number of hydrogen-bond donors (Lipinski definition) is 1. The van der Waals surface area contributed by atoms with Crippen LogP contribution in [0.2, 0.25) is 0 Å². The molecule has 25 heavy (non-hydrogen) atoms. The molecule has 1 atom stereocenters. The third-order valence-electron chi connectivity index (χ3n) is 3.25. The molecule has 1 N–H and O–H groups in total. The molecule has 0 fully saturated rings. The normalized spacial score (nSPS) is 11.5. The van der Waals surface area contributed by atoms with Crippen LogP contribution in [0.3, 0.4) is 0 Å². The van der Waals surface area contributed by atoms with Crippen LogP contribution in [0.25, 0.3) is 0 Å².